The van der Waals surface area contributed by atoms with Crippen LogP contribution >= 0.6 is 0 Å². The van der Waals surface area contributed by atoms with Crippen molar-refractivity contribution < 1.29 is 0 Å². The Morgan fingerprint density at radius 1 is 1.00 bits per heavy atom. The second-order valence-electron chi connectivity index (χ2n) is 7.05. The van der Waals surface area contributed by atoms with Crippen LogP contribution in [0.5, 0.6) is 0 Å². The van der Waals surface area contributed by atoms with Crippen molar-refractivity contribution in [1.82, 2.24) is 10.2 Å². The third-order valence-corrected chi connectivity index (χ3v) is 5.26. The van der Waals surface area contributed by atoms with Gasteiger partial charge < -0.3 is 10.2 Å². The maximum absolute atomic E-state index is 3.76. The highest BCUT2D eigenvalue weighted by Gasteiger charge is 2.21. The van der Waals surface area contributed by atoms with E-state index in [4.69, 9.17) is 0 Å². The van der Waals surface area contributed by atoms with E-state index in [-0.39, 0.29) is 0 Å². The molecule has 0 aromatic heterocycles. The average Bonchev–Trinajstić information content (AvgIpc) is 2.44. The van der Waals surface area contributed by atoms with Gasteiger partial charge in [-0.1, -0.05) is 39.0 Å². The van der Waals surface area contributed by atoms with Crippen LogP contribution in [0, 0.1) is 5.92 Å². The fourth-order valence-electron chi connectivity index (χ4n) is 3.93. The molecule has 0 aromatic rings. The van der Waals surface area contributed by atoms with Crippen LogP contribution in [0.4, 0.5) is 0 Å². The van der Waals surface area contributed by atoms with E-state index in [0.717, 1.165) is 18.0 Å². The summed E-state index contributed by atoms with van der Waals surface area (Å²) in [5.74, 6) is 0.946. The lowest BCUT2D eigenvalue weighted by molar-refractivity contribution is 0.162. The van der Waals surface area contributed by atoms with E-state index < -0.39 is 0 Å². The molecule has 0 heterocycles. The molecular formula is C17H34N2. The average molecular weight is 266 g/mol. The monoisotopic (exact) mass is 266 g/mol. The standard InChI is InChI=1S/C17H34N2/c1-15-8-6-11-17(14-15)19(2)13-7-12-18-16-9-4-3-5-10-16/h15-18H,3-14H2,1-2H3. The predicted octanol–water partition coefficient (Wildman–Crippen LogP) is 3.81. The molecule has 2 fully saturated rings. The topological polar surface area (TPSA) is 15.3 Å². The molecule has 1 N–H and O–H groups in total. The van der Waals surface area contributed by atoms with Gasteiger partial charge in [-0.2, -0.15) is 0 Å². The third-order valence-electron chi connectivity index (χ3n) is 5.26. The minimum Gasteiger partial charge on any atom is -0.314 e. The molecule has 2 aliphatic carbocycles. The Kier molecular flexibility index (Phi) is 6.66. The predicted molar refractivity (Wildman–Crippen MR) is 83.5 cm³/mol. The molecule has 2 aliphatic rings. The van der Waals surface area contributed by atoms with Crippen molar-refractivity contribution in [3.8, 4) is 0 Å². The van der Waals surface area contributed by atoms with Crippen molar-refractivity contribution in [2.75, 3.05) is 20.1 Å². The summed E-state index contributed by atoms with van der Waals surface area (Å²) in [4.78, 5) is 2.62. The summed E-state index contributed by atoms with van der Waals surface area (Å²) in [6.45, 7) is 4.92. The molecule has 0 aromatic carbocycles. The van der Waals surface area contributed by atoms with E-state index in [0.29, 0.717) is 0 Å². The van der Waals surface area contributed by atoms with Crippen LogP contribution in [0.2, 0.25) is 0 Å². The Morgan fingerprint density at radius 3 is 2.53 bits per heavy atom. The fraction of sp³-hybridized carbons (Fsp3) is 1.00. The molecule has 2 saturated carbocycles. The van der Waals surface area contributed by atoms with E-state index >= 15 is 0 Å². The van der Waals surface area contributed by atoms with Crippen LogP contribution in [-0.4, -0.2) is 37.1 Å². The van der Waals surface area contributed by atoms with Gasteiger partial charge in [-0.05, 0) is 58.2 Å². The van der Waals surface area contributed by atoms with Gasteiger partial charge in [-0.25, -0.2) is 0 Å². The van der Waals surface area contributed by atoms with Crippen molar-refractivity contribution in [3.05, 3.63) is 0 Å². The highest BCUT2D eigenvalue weighted by molar-refractivity contribution is 4.77. The van der Waals surface area contributed by atoms with Crippen LogP contribution < -0.4 is 5.32 Å². The second kappa shape index (κ2) is 8.26. The van der Waals surface area contributed by atoms with Gasteiger partial charge in [0.1, 0.15) is 0 Å². The molecule has 19 heavy (non-hydrogen) atoms. The van der Waals surface area contributed by atoms with Crippen LogP contribution in [0.15, 0.2) is 0 Å². The Morgan fingerprint density at radius 2 is 1.79 bits per heavy atom. The van der Waals surface area contributed by atoms with Crippen molar-refractivity contribution in [3.63, 3.8) is 0 Å². The van der Waals surface area contributed by atoms with Gasteiger partial charge in [-0.15, -0.1) is 0 Å². The quantitative estimate of drug-likeness (QED) is 0.736. The van der Waals surface area contributed by atoms with Crippen molar-refractivity contribution >= 4 is 0 Å². The van der Waals surface area contributed by atoms with Gasteiger partial charge in [-0.3, -0.25) is 0 Å². The first-order valence-electron chi connectivity index (χ1n) is 8.69. The van der Waals surface area contributed by atoms with Crippen molar-refractivity contribution in [1.29, 1.82) is 0 Å². The zero-order valence-electron chi connectivity index (χ0n) is 13.2. The van der Waals surface area contributed by atoms with Gasteiger partial charge in [0, 0.05) is 12.1 Å². The van der Waals surface area contributed by atoms with E-state index in [9.17, 15) is 0 Å². The summed E-state index contributed by atoms with van der Waals surface area (Å²) in [5, 5.41) is 3.76. The third kappa shape index (κ3) is 5.43. The lowest BCUT2D eigenvalue weighted by Crippen LogP contribution is -2.38. The summed E-state index contributed by atoms with van der Waals surface area (Å²) < 4.78 is 0. The van der Waals surface area contributed by atoms with Crippen LogP contribution in [-0.2, 0) is 0 Å². The van der Waals surface area contributed by atoms with E-state index in [1.54, 1.807) is 0 Å². The first-order valence-corrected chi connectivity index (χ1v) is 8.69. The Bertz CT molecular complexity index is 235. The van der Waals surface area contributed by atoms with Gasteiger partial charge in [0.15, 0.2) is 0 Å². The molecule has 2 atom stereocenters. The maximum atomic E-state index is 3.76. The minimum atomic E-state index is 0.828. The van der Waals surface area contributed by atoms with Crippen molar-refractivity contribution in [2.45, 2.75) is 83.2 Å². The number of nitrogens with one attached hydrogen (secondary N) is 1. The van der Waals surface area contributed by atoms with Crippen molar-refractivity contribution in [2.24, 2.45) is 5.92 Å². The normalized spacial score (nSPS) is 29.8. The Balaban J connectivity index is 1.54. The van der Waals surface area contributed by atoms with Gasteiger partial charge >= 0.3 is 0 Å². The molecular weight excluding hydrogens is 232 g/mol. The van der Waals surface area contributed by atoms with Gasteiger partial charge in [0.05, 0.1) is 0 Å². The number of hydrogen-bond donors (Lipinski definition) is 1. The SMILES string of the molecule is CC1CCCC(N(C)CCCNC2CCCCC2)C1. The van der Waals surface area contributed by atoms with Crippen LogP contribution in [0.1, 0.15) is 71.1 Å². The lowest BCUT2D eigenvalue weighted by Gasteiger charge is -2.34. The number of hydrogen-bond acceptors (Lipinski definition) is 2. The fourth-order valence-corrected chi connectivity index (χ4v) is 3.93. The summed E-state index contributed by atoms with van der Waals surface area (Å²) in [6, 6.07) is 1.69. The zero-order valence-corrected chi connectivity index (χ0v) is 13.2. The summed E-state index contributed by atoms with van der Waals surface area (Å²) >= 11 is 0. The largest absolute Gasteiger partial charge is 0.314 e. The molecule has 2 rings (SSSR count). The highest BCUT2D eigenvalue weighted by Crippen LogP contribution is 2.26. The van der Waals surface area contributed by atoms with Gasteiger partial charge in [0.25, 0.3) is 0 Å². The zero-order chi connectivity index (χ0) is 13.5. The molecule has 0 spiro atoms. The second-order valence-corrected chi connectivity index (χ2v) is 7.05. The number of rotatable bonds is 6. The minimum absolute atomic E-state index is 0.828. The highest BCUT2D eigenvalue weighted by atomic mass is 15.1. The first kappa shape index (κ1) is 15.3. The molecule has 2 nitrogen and oxygen atoms in total. The Hall–Kier alpha value is -0.0800. The summed E-state index contributed by atoms with van der Waals surface area (Å²) in [6.07, 6.45) is 14.2. The molecule has 112 valence electrons. The van der Waals surface area contributed by atoms with E-state index in [1.807, 2.05) is 0 Å². The van der Waals surface area contributed by atoms with Crippen LogP contribution in [0.25, 0.3) is 0 Å². The molecule has 0 radical (unpaired) electrons. The van der Waals surface area contributed by atoms with E-state index in [2.05, 4.69) is 24.2 Å². The molecule has 2 heteroatoms. The summed E-state index contributed by atoms with van der Waals surface area (Å²) in [7, 11) is 2.34. The van der Waals surface area contributed by atoms with Gasteiger partial charge in [0.2, 0.25) is 0 Å². The van der Waals surface area contributed by atoms with E-state index in [1.165, 1.54) is 77.3 Å². The molecule has 0 aliphatic heterocycles. The molecule has 0 saturated heterocycles. The number of nitrogens with zero attached hydrogens (tertiary/aromatic N) is 1. The molecule has 2 unspecified atom stereocenters. The lowest BCUT2D eigenvalue weighted by atomic mass is 9.86. The maximum Gasteiger partial charge on any atom is 0.00947 e. The van der Waals surface area contributed by atoms with Crippen LogP contribution in [0.3, 0.4) is 0 Å². The smallest absolute Gasteiger partial charge is 0.00947 e. The summed E-state index contributed by atoms with van der Waals surface area (Å²) in [5.41, 5.74) is 0. The molecule has 0 bridgehead atoms. The Labute approximate surface area is 120 Å². The molecule has 0 amide bonds. The first-order chi connectivity index (χ1) is 9.25.